The molecule has 1 aromatic rings. The number of primary amides is 1. The van der Waals surface area contributed by atoms with E-state index in [0.717, 1.165) is 30.8 Å². The number of hydrogen-bond acceptors (Lipinski definition) is 4. The second-order valence-electron chi connectivity index (χ2n) is 6.21. The van der Waals surface area contributed by atoms with Gasteiger partial charge in [0.2, 0.25) is 5.91 Å². The normalized spacial score (nSPS) is 24.3. The Kier molecular flexibility index (Phi) is 5.06. The van der Waals surface area contributed by atoms with Crippen LogP contribution in [0.3, 0.4) is 0 Å². The van der Waals surface area contributed by atoms with Crippen LogP contribution in [0.5, 0.6) is 0 Å². The average Bonchev–Trinajstić information content (AvgIpc) is 2.76. The van der Waals surface area contributed by atoms with E-state index < -0.39 is 5.41 Å². The van der Waals surface area contributed by atoms with Gasteiger partial charge in [-0.1, -0.05) is 24.3 Å². The molecule has 22 heavy (non-hydrogen) atoms. The van der Waals surface area contributed by atoms with Gasteiger partial charge in [0, 0.05) is 31.6 Å². The summed E-state index contributed by atoms with van der Waals surface area (Å²) in [5.74, 6) is 2.00. The van der Waals surface area contributed by atoms with E-state index in [2.05, 4.69) is 29.6 Å². The van der Waals surface area contributed by atoms with E-state index in [-0.39, 0.29) is 5.91 Å². The first-order chi connectivity index (χ1) is 10.7. The van der Waals surface area contributed by atoms with Gasteiger partial charge in [-0.2, -0.15) is 11.8 Å². The molecular weight excluding hydrogens is 296 g/mol. The Hall–Kier alpha value is -1.04. The molecule has 1 amide bonds. The number of nitrogens with two attached hydrogens (primary N) is 1. The van der Waals surface area contributed by atoms with Crippen molar-refractivity contribution in [2.24, 2.45) is 11.1 Å². The average molecular weight is 320 g/mol. The summed E-state index contributed by atoms with van der Waals surface area (Å²) in [6, 6.07) is 8.92. The van der Waals surface area contributed by atoms with Gasteiger partial charge in [-0.15, -0.1) is 0 Å². The quantitative estimate of drug-likeness (QED) is 0.889. The monoisotopic (exact) mass is 320 g/mol. The third kappa shape index (κ3) is 3.31. The molecule has 0 bridgehead atoms. The van der Waals surface area contributed by atoms with Crippen LogP contribution in [0, 0.1) is 5.41 Å². The molecular formula is C17H24N2O2S. The zero-order valence-corrected chi connectivity index (χ0v) is 13.7. The minimum Gasteiger partial charge on any atom is -0.381 e. The van der Waals surface area contributed by atoms with Gasteiger partial charge < -0.3 is 15.8 Å². The van der Waals surface area contributed by atoms with Crippen molar-refractivity contribution in [2.45, 2.75) is 25.3 Å². The van der Waals surface area contributed by atoms with Gasteiger partial charge in [0.05, 0.1) is 5.41 Å². The van der Waals surface area contributed by atoms with Crippen LogP contribution in [0.4, 0.5) is 0 Å². The summed E-state index contributed by atoms with van der Waals surface area (Å²) in [7, 11) is 0. The fraction of sp³-hybridized carbons (Fsp3) is 0.588. The summed E-state index contributed by atoms with van der Waals surface area (Å²) < 4.78 is 5.40. The molecule has 0 radical (unpaired) electrons. The van der Waals surface area contributed by atoms with Gasteiger partial charge in [-0.3, -0.25) is 4.79 Å². The highest BCUT2D eigenvalue weighted by Gasteiger charge is 2.38. The minimum atomic E-state index is -0.454. The summed E-state index contributed by atoms with van der Waals surface area (Å²) in [6.07, 6.45) is 2.56. The fourth-order valence-electron chi connectivity index (χ4n) is 3.33. The van der Waals surface area contributed by atoms with Gasteiger partial charge in [-0.25, -0.2) is 0 Å². The van der Waals surface area contributed by atoms with Crippen molar-refractivity contribution in [3.63, 3.8) is 0 Å². The van der Waals surface area contributed by atoms with E-state index in [9.17, 15) is 4.79 Å². The number of carbonyl (C=O) groups is 1. The van der Waals surface area contributed by atoms with Crippen LogP contribution >= 0.6 is 11.8 Å². The Morgan fingerprint density at radius 2 is 2.14 bits per heavy atom. The minimum absolute atomic E-state index is 0.196. The van der Waals surface area contributed by atoms with Crippen molar-refractivity contribution in [1.29, 1.82) is 0 Å². The number of nitrogens with one attached hydrogen (secondary N) is 1. The fourth-order valence-corrected chi connectivity index (χ4v) is 4.40. The molecule has 1 aromatic carbocycles. The molecule has 2 heterocycles. The van der Waals surface area contributed by atoms with Crippen molar-refractivity contribution in [3.8, 4) is 0 Å². The maximum Gasteiger partial charge on any atom is 0.225 e. The molecule has 1 atom stereocenters. The molecule has 120 valence electrons. The maximum atomic E-state index is 12.0. The first kappa shape index (κ1) is 15.8. The van der Waals surface area contributed by atoms with Gasteiger partial charge >= 0.3 is 0 Å². The highest BCUT2D eigenvalue weighted by atomic mass is 32.2. The van der Waals surface area contributed by atoms with Gasteiger partial charge in [0.15, 0.2) is 0 Å². The summed E-state index contributed by atoms with van der Waals surface area (Å²) in [6.45, 7) is 1.90. The smallest absolute Gasteiger partial charge is 0.225 e. The van der Waals surface area contributed by atoms with Crippen molar-refractivity contribution >= 4 is 17.7 Å². The lowest BCUT2D eigenvalue weighted by Gasteiger charge is -2.35. The van der Waals surface area contributed by atoms with Gasteiger partial charge in [0.25, 0.3) is 0 Å². The maximum absolute atomic E-state index is 12.0. The lowest BCUT2D eigenvalue weighted by atomic mass is 9.79. The highest BCUT2D eigenvalue weighted by Crippen LogP contribution is 2.32. The molecule has 0 spiro atoms. The van der Waals surface area contributed by atoms with E-state index in [1.54, 1.807) is 0 Å². The summed E-state index contributed by atoms with van der Waals surface area (Å²) in [5, 5.41) is 3.63. The van der Waals surface area contributed by atoms with Crippen LogP contribution in [0.25, 0.3) is 0 Å². The Morgan fingerprint density at radius 1 is 1.36 bits per heavy atom. The molecule has 3 N–H and O–H groups in total. The lowest BCUT2D eigenvalue weighted by molar-refractivity contribution is -0.133. The van der Waals surface area contributed by atoms with Crippen LogP contribution < -0.4 is 11.1 Å². The second kappa shape index (κ2) is 7.02. The number of fused-ring (bicyclic) bond motifs is 1. The molecule has 0 aromatic heterocycles. The van der Waals surface area contributed by atoms with Crippen LogP contribution in [-0.4, -0.2) is 37.2 Å². The SMILES string of the molecule is NC(=O)C1(CN[C@H]2CSCCc3ccccc32)CCOCC1. The number of ether oxygens (including phenoxy) is 1. The predicted octanol–water partition coefficient (Wildman–Crippen LogP) is 1.89. The number of benzene rings is 1. The number of aryl methyl sites for hydroxylation is 1. The van der Waals surface area contributed by atoms with Crippen molar-refractivity contribution in [3.05, 3.63) is 35.4 Å². The standard InChI is InChI=1S/C17H24N2O2S/c18-16(20)17(6-8-21-9-7-17)12-19-15-11-22-10-5-13-3-1-2-4-14(13)15/h1-4,15,19H,5-12H2,(H2,18,20)/t15-/m0/s1. The van der Waals surface area contributed by atoms with Crippen molar-refractivity contribution in [2.75, 3.05) is 31.3 Å². The molecule has 2 aliphatic heterocycles. The highest BCUT2D eigenvalue weighted by molar-refractivity contribution is 7.99. The largest absolute Gasteiger partial charge is 0.381 e. The third-order valence-electron chi connectivity index (χ3n) is 4.89. The van der Waals surface area contributed by atoms with Gasteiger partial charge in [-0.05, 0) is 36.1 Å². The zero-order valence-electron chi connectivity index (χ0n) is 12.8. The second-order valence-corrected chi connectivity index (χ2v) is 7.36. The Labute approximate surface area is 136 Å². The lowest BCUT2D eigenvalue weighted by Crippen LogP contribution is -2.49. The van der Waals surface area contributed by atoms with Crippen LogP contribution in [0.1, 0.15) is 30.0 Å². The Balaban J connectivity index is 1.73. The van der Waals surface area contributed by atoms with Crippen LogP contribution in [0.15, 0.2) is 24.3 Å². The molecule has 0 aliphatic carbocycles. The Morgan fingerprint density at radius 3 is 2.91 bits per heavy atom. The van der Waals surface area contributed by atoms with Crippen LogP contribution in [0.2, 0.25) is 0 Å². The topological polar surface area (TPSA) is 64.4 Å². The van der Waals surface area contributed by atoms with E-state index in [1.165, 1.54) is 11.1 Å². The Bertz CT molecular complexity index is 529. The molecule has 1 fully saturated rings. The molecule has 0 saturated carbocycles. The zero-order chi connectivity index (χ0) is 15.4. The van der Waals surface area contributed by atoms with E-state index >= 15 is 0 Å². The van der Waals surface area contributed by atoms with E-state index in [1.807, 2.05) is 11.8 Å². The summed E-state index contributed by atoms with van der Waals surface area (Å²) >= 11 is 1.97. The number of amides is 1. The van der Waals surface area contributed by atoms with Gasteiger partial charge in [0.1, 0.15) is 0 Å². The summed E-state index contributed by atoms with van der Waals surface area (Å²) in [4.78, 5) is 12.0. The van der Waals surface area contributed by atoms with E-state index in [0.29, 0.717) is 25.8 Å². The molecule has 0 unspecified atom stereocenters. The predicted molar refractivity (Wildman–Crippen MR) is 89.9 cm³/mol. The number of rotatable bonds is 4. The molecule has 3 rings (SSSR count). The number of thioether (sulfide) groups is 1. The number of hydrogen-bond donors (Lipinski definition) is 2. The molecule has 2 aliphatic rings. The summed E-state index contributed by atoms with van der Waals surface area (Å²) in [5.41, 5.74) is 8.05. The molecule has 5 heteroatoms. The molecule has 4 nitrogen and oxygen atoms in total. The van der Waals surface area contributed by atoms with Crippen molar-refractivity contribution < 1.29 is 9.53 Å². The number of carbonyl (C=O) groups excluding carboxylic acids is 1. The first-order valence-electron chi connectivity index (χ1n) is 7.98. The van der Waals surface area contributed by atoms with Crippen LogP contribution in [-0.2, 0) is 16.0 Å². The van der Waals surface area contributed by atoms with Crippen molar-refractivity contribution in [1.82, 2.24) is 5.32 Å². The molecule has 1 saturated heterocycles. The first-order valence-corrected chi connectivity index (χ1v) is 9.13. The third-order valence-corrected chi connectivity index (χ3v) is 5.95. The van der Waals surface area contributed by atoms with E-state index in [4.69, 9.17) is 10.5 Å².